The van der Waals surface area contributed by atoms with Gasteiger partial charge in [0.15, 0.2) is 0 Å². The molecule has 0 spiro atoms. The molecule has 1 saturated heterocycles. The number of benzene rings is 1. The first kappa shape index (κ1) is 9.51. The Balaban J connectivity index is 2.17. The van der Waals surface area contributed by atoms with E-state index in [1.165, 1.54) is 12.1 Å². The first-order chi connectivity index (χ1) is 7.16. The average molecular weight is 206 g/mol. The number of hydrogen-bond acceptors (Lipinski definition) is 3. The maximum Gasteiger partial charge on any atom is 0.335 e. The number of aromatic carboxylic acids is 1. The van der Waals surface area contributed by atoms with Gasteiger partial charge in [-0.3, -0.25) is 15.2 Å². The highest BCUT2D eigenvalue weighted by Gasteiger charge is 2.18. The normalized spacial score (nSPS) is 15.2. The van der Waals surface area contributed by atoms with E-state index in [2.05, 4.69) is 5.43 Å². The van der Waals surface area contributed by atoms with Gasteiger partial charge in [-0.25, -0.2) is 4.79 Å². The topological polar surface area (TPSA) is 69.6 Å². The van der Waals surface area contributed by atoms with Crippen LogP contribution < -0.4 is 10.4 Å². The van der Waals surface area contributed by atoms with E-state index in [1.807, 2.05) is 0 Å². The first-order valence-corrected chi connectivity index (χ1v) is 4.57. The molecule has 5 heteroatoms. The molecule has 1 aliphatic rings. The van der Waals surface area contributed by atoms with Gasteiger partial charge in [0.2, 0.25) is 5.91 Å². The monoisotopic (exact) mass is 206 g/mol. The average Bonchev–Trinajstić information content (AvgIpc) is 2.65. The van der Waals surface area contributed by atoms with Gasteiger partial charge in [0.1, 0.15) is 0 Å². The number of nitrogens with zero attached hydrogens (tertiary/aromatic N) is 1. The number of rotatable bonds is 2. The van der Waals surface area contributed by atoms with Crippen LogP contribution in [0.3, 0.4) is 0 Å². The summed E-state index contributed by atoms with van der Waals surface area (Å²) in [6.07, 6.45) is 0.473. The van der Waals surface area contributed by atoms with E-state index in [0.29, 0.717) is 13.0 Å². The lowest BCUT2D eigenvalue weighted by atomic mass is 10.2. The minimum absolute atomic E-state index is 0.0164. The van der Waals surface area contributed by atoms with Crippen molar-refractivity contribution in [1.29, 1.82) is 0 Å². The quantitative estimate of drug-likeness (QED) is 0.744. The Morgan fingerprint density at radius 1 is 1.33 bits per heavy atom. The Morgan fingerprint density at radius 3 is 2.47 bits per heavy atom. The van der Waals surface area contributed by atoms with Gasteiger partial charge in [-0.15, -0.1) is 0 Å². The summed E-state index contributed by atoms with van der Waals surface area (Å²) < 4.78 is 0. The molecule has 0 atom stereocenters. The van der Waals surface area contributed by atoms with Crippen LogP contribution in [-0.2, 0) is 4.79 Å². The summed E-state index contributed by atoms with van der Waals surface area (Å²) in [7, 11) is 0. The molecule has 15 heavy (non-hydrogen) atoms. The molecule has 0 saturated carbocycles. The molecule has 0 radical (unpaired) electrons. The van der Waals surface area contributed by atoms with Gasteiger partial charge >= 0.3 is 5.97 Å². The maximum absolute atomic E-state index is 11.0. The van der Waals surface area contributed by atoms with Gasteiger partial charge in [0.25, 0.3) is 0 Å². The second kappa shape index (κ2) is 3.61. The standard InChI is InChI=1S/C10H10N2O3/c13-9-5-6-12(11-9)8-3-1-7(2-4-8)10(14)15/h1-4H,5-6H2,(H,11,13)(H,14,15). The number of carboxylic acids is 1. The molecule has 1 aromatic carbocycles. The van der Waals surface area contributed by atoms with Gasteiger partial charge in [0, 0.05) is 13.0 Å². The SMILES string of the molecule is O=C1CCN(c2ccc(C(=O)O)cc2)N1. The molecular weight excluding hydrogens is 196 g/mol. The lowest BCUT2D eigenvalue weighted by molar-refractivity contribution is -0.119. The summed E-state index contributed by atoms with van der Waals surface area (Å²) in [4.78, 5) is 21.6. The fraction of sp³-hybridized carbons (Fsp3) is 0.200. The van der Waals surface area contributed by atoms with Crippen LogP contribution in [0.15, 0.2) is 24.3 Å². The highest BCUT2D eigenvalue weighted by molar-refractivity contribution is 5.88. The molecule has 2 N–H and O–H groups in total. The predicted octanol–water partition coefficient (Wildman–Crippen LogP) is 0.626. The Kier molecular flexibility index (Phi) is 2.29. The number of amides is 1. The summed E-state index contributed by atoms with van der Waals surface area (Å²) in [6, 6.07) is 6.38. The van der Waals surface area contributed by atoms with Crippen molar-refractivity contribution < 1.29 is 14.7 Å². The van der Waals surface area contributed by atoms with Crippen molar-refractivity contribution in [2.75, 3.05) is 11.6 Å². The number of anilines is 1. The lowest BCUT2D eigenvalue weighted by Crippen LogP contribution is -2.32. The molecule has 1 heterocycles. The fourth-order valence-electron chi connectivity index (χ4n) is 1.45. The highest BCUT2D eigenvalue weighted by Crippen LogP contribution is 2.16. The second-order valence-electron chi connectivity index (χ2n) is 3.29. The third-order valence-electron chi connectivity index (χ3n) is 2.25. The van der Waals surface area contributed by atoms with Crippen LogP contribution in [0, 0.1) is 0 Å². The zero-order valence-electron chi connectivity index (χ0n) is 7.93. The maximum atomic E-state index is 11.0. The number of carbonyl (C=O) groups is 2. The van der Waals surface area contributed by atoms with Crippen LogP contribution in [0.25, 0.3) is 0 Å². The van der Waals surface area contributed by atoms with Crippen LogP contribution in [0.2, 0.25) is 0 Å². The van der Waals surface area contributed by atoms with Gasteiger partial charge in [-0.05, 0) is 24.3 Å². The van der Waals surface area contributed by atoms with Crippen molar-refractivity contribution in [3.05, 3.63) is 29.8 Å². The van der Waals surface area contributed by atoms with Crippen LogP contribution in [0.5, 0.6) is 0 Å². The summed E-state index contributed by atoms with van der Waals surface area (Å²) in [5, 5.41) is 10.4. The van der Waals surface area contributed by atoms with E-state index in [0.717, 1.165) is 5.69 Å². The van der Waals surface area contributed by atoms with Crippen molar-refractivity contribution in [2.45, 2.75) is 6.42 Å². The molecule has 0 aromatic heterocycles. The fourth-order valence-corrected chi connectivity index (χ4v) is 1.45. The number of carboxylic acid groups (broad SMARTS) is 1. The van der Waals surface area contributed by atoms with Crippen LogP contribution in [0.4, 0.5) is 5.69 Å². The minimum atomic E-state index is -0.952. The molecule has 1 amide bonds. The van der Waals surface area contributed by atoms with Crippen LogP contribution in [0.1, 0.15) is 16.8 Å². The Bertz CT molecular complexity index is 400. The Morgan fingerprint density at radius 2 is 2.00 bits per heavy atom. The summed E-state index contributed by atoms with van der Waals surface area (Å²) in [5.41, 5.74) is 3.70. The first-order valence-electron chi connectivity index (χ1n) is 4.57. The largest absolute Gasteiger partial charge is 0.478 e. The van der Waals surface area contributed by atoms with E-state index in [-0.39, 0.29) is 11.5 Å². The Hall–Kier alpha value is -2.04. The number of carbonyl (C=O) groups excluding carboxylic acids is 1. The van der Waals surface area contributed by atoms with Crippen molar-refractivity contribution in [3.63, 3.8) is 0 Å². The van der Waals surface area contributed by atoms with Crippen LogP contribution in [-0.4, -0.2) is 23.5 Å². The summed E-state index contributed by atoms with van der Waals surface area (Å²) in [6.45, 7) is 0.616. The van der Waals surface area contributed by atoms with Gasteiger partial charge in [-0.2, -0.15) is 0 Å². The van der Waals surface area contributed by atoms with Crippen LogP contribution >= 0.6 is 0 Å². The van der Waals surface area contributed by atoms with Gasteiger partial charge < -0.3 is 5.11 Å². The molecule has 1 fully saturated rings. The molecule has 0 bridgehead atoms. The summed E-state index contributed by atoms with van der Waals surface area (Å²) in [5.74, 6) is -0.968. The van der Waals surface area contributed by atoms with E-state index in [9.17, 15) is 9.59 Å². The molecule has 2 rings (SSSR count). The molecule has 5 nitrogen and oxygen atoms in total. The second-order valence-corrected chi connectivity index (χ2v) is 3.29. The van der Waals surface area contributed by atoms with Crippen molar-refractivity contribution >= 4 is 17.6 Å². The predicted molar refractivity (Wildman–Crippen MR) is 53.5 cm³/mol. The molecule has 1 aromatic rings. The molecule has 0 unspecified atom stereocenters. The molecular formula is C10H10N2O3. The highest BCUT2D eigenvalue weighted by atomic mass is 16.4. The van der Waals surface area contributed by atoms with Gasteiger partial charge in [-0.1, -0.05) is 0 Å². The summed E-state index contributed by atoms with van der Waals surface area (Å²) >= 11 is 0. The number of nitrogens with one attached hydrogen (secondary N) is 1. The zero-order chi connectivity index (χ0) is 10.8. The van der Waals surface area contributed by atoms with E-state index >= 15 is 0 Å². The van der Waals surface area contributed by atoms with Crippen molar-refractivity contribution in [3.8, 4) is 0 Å². The molecule has 0 aliphatic carbocycles. The third-order valence-corrected chi connectivity index (χ3v) is 2.25. The van der Waals surface area contributed by atoms with E-state index < -0.39 is 5.97 Å². The van der Waals surface area contributed by atoms with Gasteiger partial charge in [0.05, 0.1) is 11.3 Å². The lowest BCUT2D eigenvalue weighted by Gasteiger charge is -2.16. The Labute approximate surface area is 86.3 Å². The minimum Gasteiger partial charge on any atom is -0.478 e. The molecule has 78 valence electrons. The molecule has 1 aliphatic heterocycles. The third kappa shape index (κ3) is 1.90. The zero-order valence-corrected chi connectivity index (χ0v) is 7.93. The smallest absolute Gasteiger partial charge is 0.335 e. The number of hydrazine groups is 1. The van der Waals surface area contributed by atoms with E-state index in [1.54, 1.807) is 17.1 Å². The van der Waals surface area contributed by atoms with Crippen molar-refractivity contribution in [1.82, 2.24) is 5.43 Å². The number of hydrogen-bond donors (Lipinski definition) is 2. The van der Waals surface area contributed by atoms with Crippen molar-refractivity contribution in [2.24, 2.45) is 0 Å². The van der Waals surface area contributed by atoms with E-state index in [4.69, 9.17) is 5.11 Å².